The number of benzene rings is 2. The molecule has 0 aliphatic rings. The van der Waals surface area contributed by atoms with E-state index in [1.165, 1.54) is 4.68 Å². The summed E-state index contributed by atoms with van der Waals surface area (Å²) in [6.45, 7) is 4.36. The molecule has 1 heterocycles. The third kappa shape index (κ3) is 3.64. The molecule has 3 rings (SSSR count). The maximum atomic E-state index is 12.4. The zero-order chi connectivity index (χ0) is 18.0. The molecule has 0 spiro atoms. The van der Waals surface area contributed by atoms with Crippen LogP contribution >= 0.6 is 11.6 Å². The molecule has 7 heteroatoms. The average molecular weight is 356 g/mol. The number of nitrogen functional groups attached to an aromatic ring is 1. The number of hydrogen-bond acceptors (Lipinski definition) is 4. The number of hydrogen-bond donors (Lipinski definition) is 2. The molecule has 3 N–H and O–H groups in total. The minimum atomic E-state index is -0.423. The standard InChI is InChI=1S/C18H18ClN5O/c1-11-5-3-4-6-13(11)10-24-17(20)16(22-23-24)18(25)21-14-8-7-12(2)15(19)9-14/h3-9H,10,20H2,1-2H3,(H,21,25). The number of carbonyl (C=O) groups is 1. The Kier molecular flexibility index (Phi) is 4.72. The number of halogens is 1. The lowest BCUT2D eigenvalue weighted by atomic mass is 10.1. The summed E-state index contributed by atoms with van der Waals surface area (Å²) in [5.41, 5.74) is 9.85. The van der Waals surface area contributed by atoms with Gasteiger partial charge in [0.1, 0.15) is 0 Å². The summed E-state index contributed by atoms with van der Waals surface area (Å²) in [4.78, 5) is 12.4. The van der Waals surface area contributed by atoms with Gasteiger partial charge < -0.3 is 11.1 Å². The molecule has 0 saturated carbocycles. The van der Waals surface area contributed by atoms with Crippen LogP contribution in [0.15, 0.2) is 42.5 Å². The number of rotatable bonds is 4. The first-order valence-corrected chi connectivity index (χ1v) is 8.14. The van der Waals surface area contributed by atoms with Crippen LogP contribution in [0, 0.1) is 13.8 Å². The van der Waals surface area contributed by atoms with Gasteiger partial charge in [-0.3, -0.25) is 4.79 Å². The van der Waals surface area contributed by atoms with E-state index in [0.29, 0.717) is 17.3 Å². The van der Waals surface area contributed by atoms with Gasteiger partial charge in [-0.2, -0.15) is 0 Å². The Bertz CT molecular complexity index is 935. The van der Waals surface area contributed by atoms with Crippen molar-refractivity contribution >= 4 is 29.0 Å². The number of aryl methyl sites for hydroxylation is 2. The Morgan fingerprint density at radius 2 is 1.96 bits per heavy atom. The number of nitrogens with zero attached hydrogens (tertiary/aromatic N) is 3. The van der Waals surface area contributed by atoms with Gasteiger partial charge in [-0.25, -0.2) is 4.68 Å². The molecule has 0 bridgehead atoms. The molecular formula is C18H18ClN5O. The van der Waals surface area contributed by atoms with E-state index in [1.807, 2.05) is 44.2 Å². The second-order valence-corrected chi connectivity index (χ2v) is 6.23. The van der Waals surface area contributed by atoms with E-state index in [9.17, 15) is 4.79 Å². The van der Waals surface area contributed by atoms with Crippen LogP contribution < -0.4 is 11.1 Å². The zero-order valence-electron chi connectivity index (χ0n) is 14.0. The van der Waals surface area contributed by atoms with Gasteiger partial charge in [-0.1, -0.05) is 47.1 Å². The van der Waals surface area contributed by atoms with E-state index in [4.69, 9.17) is 17.3 Å². The Balaban J connectivity index is 1.79. The summed E-state index contributed by atoms with van der Waals surface area (Å²) in [6, 6.07) is 13.2. The molecule has 0 atom stereocenters. The summed E-state index contributed by atoms with van der Waals surface area (Å²) in [6.07, 6.45) is 0. The number of carbonyl (C=O) groups excluding carboxylic acids is 1. The maximum Gasteiger partial charge on any atom is 0.280 e. The average Bonchev–Trinajstić information content (AvgIpc) is 2.94. The summed E-state index contributed by atoms with van der Waals surface area (Å²) in [7, 11) is 0. The van der Waals surface area contributed by atoms with Gasteiger partial charge >= 0.3 is 0 Å². The van der Waals surface area contributed by atoms with E-state index in [-0.39, 0.29) is 11.5 Å². The molecule has 3 aromatic rings. The van der Waals surface area contributed by atoms with Crippen molar-refractivity contribution in [3.8, 4) is 0 Å². The highest BCUT2D eigenvalue weighted by Crippen LogP contribution is 2.21. The molecule has 1 aromatic heterocycles. The first-order chi connectivity index (χ1) is 12.0. The van der Waals surface area contributed by atoms with Crippen LogP contribution in [0.25, 0.3) is 0 Å². The Morgan fingerprint density at radius 1 is 1.20 bits per heavy atom. The molecular weight excluding hydrogens is 338 g/mol. The Morgan fingerprint density at radius 3 is 2.68 bits per heavy atom. The Hall–Kier alpha value is -2.86. The number of anilines is 2. The molecule has 0 radical (unpaired) electrons. The van der Waals surface area contributed by atoms with Crippen molar-refractivity contribution in [2.24, 2.45) is 0 Å². The fraction of sp³-hybridized carbons (Fsp3) is 0.167. The monoisotopic (exact) mass is 355 g/mol. The van der Waals surface area contributed by atoms with E-state index in [1.54, 1.807) is 12.1 Å². The number of nitrogens with two attached hydrogens (primary N) is 1. The molecule has 0 unspecified atom stereocenters. The lowest BCUT2D eigenvalue weighted by molar-refractivity contribution is 0.102. The summed E-state index contributed by atoms with van der Waals surface area (Å²) < 4.78 is 1.51. The van der Waals surface area contributed by atoms with Crippen LogP contribution in [-0.4, -0.2) is 20.9 Å². The van der Waals surface area contributed by atoms with E-state index >= 15 is 0 Å². The van der Waals surface area contributed by atoms with Crippen LogP contribution in [0.1, 0.15) is 27.2 Å². The van der Waals surface area contributed by atoms with Gasteiger partial charge in [0.15, 0.2) is 11.5 Å². The smallest absolute Gasteiger partial charge is 0.280 e. The largest absolute Gasteiger partial charge is 0.382 e. The summed E-state index contributed by atoms with van der Waals surface area (Å²) >= 11 is 6.08. The maximum absolute atomic E-state index is 12.4. The van der Waals surface area contributed by atoms with Crippen molar-refractivity contribution < 1.29 is 4.79 Å². The van der Waals surface area contributed by atoms with Crippen LogP contribution in [0.2, 0.25) is 5.02 Å². The highest BCUT2D eigenvalue weighted by atomic mass is 35.5. The summed E-state index contributed by atoms with van der Waals surface area (Å²) in [5.74, 6) is -0.201. The molecule has 0 fully saturated rings. The van der Waals surface area contributed by atoms with Crippen molar-refractivity contribution in [2.45, 2.75) is 20.4 Å². The minimum Gasteiger partial charge on any atom is -0.382 e. The SMILES string of the molecule is Cc1ccc(NC(=O)c2nnn(Cc3ccccc3C)c2N)cc1Cl. The van der Waals surface area contributed by atoms with E-state index < -0.39 is 5.91 Å². The van der Waals surface area contributed by atoms with Crippen LogP contribution in [0.4, 0.5) is 11.5 Å². The van der Waals surface area contributed by atoms with Crippen molar-refractivity contribution in [1.29, 1.82) is 0 Å². The topological polar surface area (TPSA) is 85.8 Å². The first-order valence-electron chi connectivity index (χ1n) is 7.76. The first kappa shape index (κ1) is 17.0. The lowest BCUT2D eigenvalue weighted by Gasteiger charge is -2.07. The normalized spacial score (nSPS) is 10.7. The minimum absolute atomic E-state index is 0.0882. The molecule has 0 aliphatic carbocycles. The summed E-state index contributed by atoms with van der Waals surface area (Å²) in [5, 5.41) is 11.2. The van der Waals surface area contributed by atoms with Gasteiger partial charge in [0, 0.05) is 10.7 Å². The predicted molar refractivity (Wildman–Crippen MR) is 98.9 cm³/mol. The quantitative estimate of drug-likeness (QED) is 0.750. The molecule has 128 valence electrons. The molecule has 0 aliphatic heterocycles. The van der Waals surface area contributed by atoms with Gasteiger partial charge in [-0.05, 0) is 42.7 Å². The van der Waals surface area contributed by atoms with Crippen molar-refractivity contribution in [3.63, 3.8) is 0 Å². The van der Waals surface area contributed by atoms with Crippen molar-refractivity contribution in [2.75, 3.05) is 11.1 Å². The number of aromatic nitrogens is 3. The predicted octanol–water partition coefficient (Wildman–Crippen LogP) is 3.43. The highest BCUT2D eigenvalue weighted by Gasteiger charge is 2.18. The fourth-order valence-corrected chi connectivity index (χ4v) is 2.59. The third-order valence-corrected chi connectivity index (χ3v) is 4.41. The number of nitrogens with one attached hydrogen (secondary N) is 1. The van der Waals surface area contributed by atoms with Gasteiger partial charge in [0.2, 0.25) is 0 Å². The highest BCUT2D eigenvalue weighted by molar-refractivity contribution is 6.31. The molecule has 0 saturated heterocycles. The second-order valence-electron chi connectivity index (χ2n) is 5.83. The van der Waals surface area contributed by atoms with Crippen molar-refractivity contribution in [1.82, 2.24) is 15.0 Å². The van der Waals surface area contributed by atoms with Crippen LogP contribution in [-0.2, 0) is 6.54 Å². The fourth-order valence-electron chi connectivity index (χ4n) is 2.41. The Labute approximate surface area is 150 Å². The molecule has 2 aromatic carbocycles. The van der Waals surface area contributed by atoms with Crippen LogP contribution in [0.5, 0.6) is 0 Å². The van der Waals surface area contributed by atoms with Gasteiger partial charge in [0.25, 0.3) is 5.91 Å². The zero-order valence-corrected chi connectivity index (χ0v) is 14.7. The van der Waals surface area contributed by atoms with Gasteiger partial charge in [0.05, 0.1) is 6.54 Å². The third-order valence-electron chi connectivity index (χ3n) is 4.00. The van der Waals surface area contributed by atoms with E-state index in [0.717, 1.165) is 16.7 Å². The molecule has 1 amide bonds. The lowest BCUT2D eigenvalue weighted by Crippen LogP contribution is -2.15. The second kappa shape index (κ2) is 6.94. The molecule has 25 heavy (non-hydrogen) atoms. The van der Waals surface area contributed by atoms with Crippen LogP contribution in [0.3, 0.4) is 0 Å². The van der Waals surface area contributed by atoms with E-state index in [2.05, 4.69) is 15.6 Å². The van der Waals surface area contributed by atoms with Gasteiger partial charge in [-0.15, -0.1) is 5.10 Å². The molecule has 6 nitrogen and oxygen atoms in total. The van der Waals surface area contributed by atoms with Crippen molar-refractivity contribution in [3.05, 3.63) is 69.9 Å². The number of amides is 1.